The van der Waals surface area contributed by atoms with Crippen LogP contribution >= 0.6 is 0 Å². The van der Waals surface area contributed by atoms with Crippen molar-refractivity contribution in [2.75, 3.05) is 0 Å². The third-order valence-electron chi connectivity index (χ3n) is 9.37. The predicted molar refractivity (Wildman–Crippen MR) is 204 cm³/mol. The fraction of sp³-hybridized carbons (Fsp3) is 0.273. The van der Waals surface area contributed by atoms with Crippen LogP contribution < -0.4 is 4.74 Å². The number of fused-ring (bicyclic) bond motifs is 3. The molecule has 3 heterocycles. The fourth-order valence-electron chi connectivity index (χ4n) is 7.08. The van der Waals surface area contributed by atoms with Crippen LogP contribution in [0.3, 0.4) is 0 Å². The van der Waals surface area contributed by atoms with Crippen molar-refractivity contribution in [1.82, 2.24) is 19.3 Å². The van der Waals surface area contributed by atoms with Gasteiger partial charge in [-0.3, -0.25) is 4.57 Å². The minimum atomic E-state index is 0.503. The first kappa shape index (κ1) is 32.4. The summed E-state index contributed by atoms with van der Waals surface area (Å²) in [6.07, 6.45) is 5.08. The lowest BCUT2D eigenvalue weighted by molar-refractivity contribution is 0.481. The van der Waals surface area contributed by atoms with Crippen molar-refractivity contribution in [3.63, 3.8) is 0 Å². The van der Waals surface area contributed by atoms with Gasteiger partial charge in [-0.15, -0.1) is 0 Å². The smallest absolute Gasteiger partial charge is 0.137 e. The molecule has 5 heteroatoms. The monoisotopic (exact) mass is 646 g/mol. The molecule has 5 nitrogen and oxygen atoms in total. The Morgan fingerprint density at radius 3 is 2.27 bits per heavy atom. The number of aryl methyl sites for hydroxylation is 3. The third kappa shape index (κ3) is 6.63. The van der Waals surface area contributed by atoms with Gasteiger partial charge in [-0.05, 0) is 123 Å². The van der Waals surface area contributed by atoms with Crippen molar-refractivity contribution in [1.29, 1.82) is 0 Å². The first-order valence-electron chi connectivity index (χ1n) is 17.6. The van der Waals surface area contributed by atoms with E-state index < -0.39 is 0 Å². The molecule has 0 aliphatic carbocycles. The van der Waals surface area contributed by atoms with Gasteiger partial charge in [-0.25, -0.2) is 9.67 Å². The summed E-state index contributed by atoms with van der Waals surface area (Å²) in [5, 5.41) is 7.46. The maximum absolute atomic E-state index is 6.76. The standard InChI is InChI=1S/C44H46N4O/c1-28(2)13-14-33-15-18-41-40(25-33)39-17-16-37(27-42(39)47(41)43-22-30(5)19-20-45-43)49-38-24-34(21-29(3)4)23-36(26-38)48-32(7)44(31(6)46-48)35-11-9-8-10-12-35/h8-12,15-20,22-29H,13-14,21H2,1-7H3. The van der Waals surface area contributed by atoms with Crippen molar-refractivity contribution in [2.24, 2.45) is 11.8 Å². The second kappa shape index (κ2) is 13.4. The molecular formula is C44H46N4O. The number of pyridine rings is 1. The molecule has 0 aliphatic rings. The molecular weight excluding hydrogens is 601 g/mol. The average Bonchev–Trinajstić information content (AvgIpc) is 3.55. The zero-order valence-electron chi connectivity index (χ0n) is 29.8. The zero-order chi connectivity index (χ0) is 34.2. The minimum Gasteiger partial charge on any atom is -0.457 e. The molecule has 7 aromatic rings. The van der Waals surface area contributed by atoms with Crippen LogP contribution in [0, 0.1) is 32.6 Å². The van der Waals surface area contributed by atoms with E-state index in [0.717, 1.165) is 58.3 Å². The lowest BCUT2D eigenvalue weighted by Gasteiger charge is -2.14. The number of nitrogens with zero attached hydrogens (tertiary/aromatic N) is 4. The number of benzene rings is 4. The average molecular weight is 647 g/mol. The van der Waals surface area contributed by atoms with E-state index in [4.69, 9.17) is 14.8 Å². The van der Waals surface area contributed by atoms with E-state index in [1.165, 1.54) is 45.0 Å². The summed E-state index contributed by atoms with van der Waals surface area (Å²) >= 11 is 0. The molecule has 49 heavy (non-hydrogen) atoms. The number of hydrogen-bond acceptors (Lipinski definition) is 3. The van der Waals surface area contributed by atoms with Crippen LogP contribution in [-0.2, 0) is 12.8 Å². The molecule has 0 radical (unpaired) electrons. The second-order valence-electron chi connectivity index (χ2n) is 14.3. The molecule has 0 fully saturated rings. The van der Waals surface area contributed by atoms with Gasteiger partial charge in [0.1, 0.15) is 17.3 Å². The first-order valence-corrected chi connectivity index (χ1v) is 17.6. The lowest BCUT2D eigenvalue weighted by Crippen LogP contribution is -2.03. The Labute approximate surface area is 290 Å². The number of rotatable bonds is 10. The molecule has 0 aliphatic heterocycles. The van der Waals surface area contributed by atoms with Crippen LogP contribution in [0.5, 0.6) is 11.5 Å². The van der Waals surface area contributed by atoms with E-state index >= 15 is 0 Å². The molecule has 7 rings (SSSR count). The quantitative estimate of drug-likeness (QED) is 0.149. The molecule has 0 bridgehead atoms. The Bertz CT molecular complexity index is 2270. The van der Waals surface area contributed by atoms with Crippen molar-refractivity contribution < 1.29 is 4.74 Å². The van der Waals surface area contributed by atoms with Gasteiger partial charge in [0.05, 0.1) is 22.4 Å². The van der Waals surface area contributed by atoms with Gasteiger partial charge in [0.25, 0.3) is 0 Å². The summed E-state index contributed by atoms with van der Waals surface area (Å²) in [7, 11) is 0. The Balaban J connectivity index is 1.33. The van der Waals surface area contributed by atoms with Crippen molar-refractivity contribution in [3.8, 4) is 34.1 Å². The molecule has 0 unspecified atom stereocenters. The lowest BCUT2D eigenvalue weighted by atomic mass is 10.0. The van der Waals surface area contributed by atoms with E-state index in [1.807, 2.05) is 12.3 Å². The Hall–Kier alpha value is -5.16. The highest BCUT2D eigenvalue weighted by Crippen LogP contribution is 2.37. The summed E-state index contributed by atoms with van der Waals surface area (Å²) in [6.45, 7) is 15.4. The van der Waals surface area contributed by atoms with Crippen LogP contribution in [0.4, 0.5) is 0 Å². The topological polar surface area (TPSA) is 44.9 Å². The van der Waals surface area contributed by atoms with Crippen LogP contribution in [-0.4, -0.2) is 19.3 Å². The van der Waals surface area contributed by atoms with Crippen LogP contribution in [0.25, 0.3) is 44.4 Å². The molecule has 4 aromatic carbocycles. The SMILES string of the molecule is Cc1ccnc(-n2c3ccc(CCC(C)C)cc3c3ccc(Oc4cc(CC(C)C)cc(-n5nc(C)c(-c6ccccc6)c5C)c4)cc32)c1. The van der Waals surface area contributed by atoms with E-state index in [9.17, 15) is 0 Å². The van der Waals surface area contributed by atoms with Crippen LogP contribution in [0.15, 0.2) is 103 Å². The highest BCUT2D eigenvalue weighted by molar-refractivity contribution is 6.09. The predicted octanol–water partition coefficient (Wildman–Crippen LogP) is 11.5. The Kier molecular flexibility index (Phi) is 8.85. The first-order chi connectivity index (χ1) is 23.6. The summed E-state index contributed by atoms with van der Waals surface area (Å²) in [5.74, 6) is 3.67. The molecule has 0 saturated carbocycles. The largest absolute Gasteiger partial charge is 0.457 e. The van der Waals surface area contributed by atoms with Gasteiger partial charge in [-0.1, -0.05) is 64.1 Å². The van der Waals surface area contributed by atoms with Gasteiger partial charge >= 0.3 is 0 Å². The summed E-state index contributed by atoms with van der Waals surface area (Å²) in [4.78, 5) is 4.81. The summed E-state index contributed by atoms with van der Waals surface area (Å²) in [6, 6.07) is 34.6. The molecule has 0 spiro atoms. The minimum absolute atomic E-state index is 0.503. The van der Waals surface area contributed by atoms with E-state index in [1.54, 1.807) is 0 Å². The number of hydrogen-bond donors (Lipinski definition) is 0. The van der Waals surface area contributed by atoms with Gasteiger partial charge in [0.2, 0.25) is 0 Å². The van der Waals surface area contributed by atoms with Crippen molar-refractivity contribution in [2.45, 2.75) is 67.7 Å². The molecule has 0 N–H and O–H groups in total. The Morgan fingerprint density at radius 1 is 0.694 bits per heavy atom. The molecule has 0 amide bonds. The molecule has 3 aromatic heterocycles. The zero-order valence-corrected chi connectivity index (χ0v) is 29.8. The second-order valence-corrected chi connectivity index (χ2v) is 14.3. The van der Waals surface area contributed by atoms with Crippen molar-refractivity contribution in [3.05, 3.63) is 131 Å². The van der Waals surface area contributed by atoms with E-state index in [0.29, 0.717) is 11.8 Å². The third-order valence-corrected chi connectivity index (χ3v) is 9.37. The fourth-order valence-corrected chi connectivity index (χ4v) is 7.08. The number of aromatic nitrogens is 4. The maximum Gasteiger partial charge on any atom is 0.137 e. The van der Waals surface area contributed by atoms with Gasteiger partial charge in [0, 0.05) is 40.4 Å². The highest BCUT2D eigenvalue weighted by atomic mass is 16.5. The maximum atomic E-state index is 6.76. The highest BCUT2D eigenvalue weighted by Gasteiger charge is 2.18. The Morgan fingerprint density at radius 2 is 1.51 bits per heavy atom. The molecule has 248 valence electrons. The van der Waals surface area contributed by atoms with E-state index in [2.05, 4.69) is 149 Å². The summed E-state index contributed by atoms with van der Waals surface area (Å²) in [5.41, 5.74) is 11.5. The van der Waals surface area contributed by atoms with Crippen molar-refractivity contribution >= 4 is 21.8 Å². The molecule has 0 atom stereocenters. The van der Waals surface area contributed by atoms with Gasteiger partial charge in [-0.2, -0.15) is 5.10 Å². The van der Waals surface area contributed by atoms with Gasteiger partial charge < -0.3 is 4.74 Å². The van der Waals surface area contributed by atoms with Gasteiger partial charge in [0.15, 0.2) is 0 Å². The number of ether oxygens (including phenoxy) is 1. The molecule has 0 saturated heterocycles. The van der Waals surface area contributed by atoms with Crippen LogP contribution in [0.2, 0.25) is 0 Å². The van der Waals surface area contributed by atoms with E-state index in [-0.39, 0.29) is 0 Å². The normalized spacial score (nSPS) is 11.8. The summed E-state index contributed by atoms with van der Waals surface area (Å²) < 4.78 is 11.1. The van der Waals surface area contributed by atoms with Crippen LogP contribution in [0.1, 0.15) is 62.2 Å².